The predicted molar refractivity (Wildman–Crippen MR) is 48.5 cm³/mol. The first-order valence-electron chi connectivity index (χ1n) is 4.37. The number of fused-ring (bicyclic) bond motifs is 1. The maximum atomic E-state index is 13.4. The van der Waals surface area contributed by atoms with Crippen LogP contribution in [0.25, 0.3) is 0 Å². The molecular formula is C10H8FNO3. The van der Waals surface area contributed by atoms with Gasteiger partial charge in [-0.2, -0.15) is 0 Å². The van der Waals surface area contributed by atoms with Gasteiger partial charge in [0.1, 0.15) is 11.6 Å². The standard InChI is InChI=1S/C10H8FNO3/c11-9-1-2-10-8(4-14-6-15-10)7(9)3-12-5-13/h1-2H,3-4,6H2. The number of hydrogen-bond acceptors (Lipinski definition) is 4. The highest BCUT2D eigenvalue weighted by Crippen LogP contribution is 2.29. The van der Waals surface area contributed by atoms with Crippen molar-refractivity contribution < 1.29 is 18.7 Å². The zero-order chi connectivity index (χ0) is 10.7. The molecule has 0 spiro atoms. The monoisotopic (exact) mass is 209 g/mol. The van der Waals surface area contributed by atoms with E-state index in [1.54, 1.807) is 6.07 Å². The van der Waals surface area contributed by atoms with E-state index in [0.29, 0.717) is 16.9 Å². The topological polar surface area (TPSA) is 47.9 Å². The number of hydrogen-bond donors (Lipinski definition) is 0. The molecule has 0 unspecified atom stereocenters. The van der Waals surface area contributed by atoms with Crippen LogP contribution in [0.5, 0.6) is 5.75 Å². The maximum absolute atomic E-state index is 13.4. The van der Waals surface area contributed by atoms with Crippen LogP contribution < -0.4 is 4.74 Å². The molecule has 1 aliphatic rings. The molecule has 5 heteroatoms. The molecule has 0 bridgehead atoms. The molecule has 4 nitrogen and oxygen atoms in total. The van der Waals surface area contributed by atoms with E-state index >= 15 is 0 Å². The Labute approximate surface area is 85.3 Å². The lowest BCUT2D eigenvalue weighted by atomic mass is 10.1. The minimum atomic E-state index is -0.415. The molecule has 2 rings (SSSR count). The van der Waals surface area contributed by atoms with Gasteiger partial charge in [0.2, 0.25) is 6.08 Å². The van der Waals surface area contributed by atoms with Crippen LogP contribution in [0.4, 0.5) is 4.39 Å². The summed E-state index contributed by atoms with van der Waals surface area (Å²) in [5.41, 5.74) is 0.941. The molecule has 0 saturated heterocycles. The van der Waals surface area contributed by atoms with Gasteiger partial charge in [-0.05, 0) is 12.1 Å². The SMILES string of the molecule is O=C=NCc1c(F)ccc2c1COCO2. The van der Waals surface area contributed by atoms with E-state index in [0.717, 1.165) is 0 Å². The fourth-order valence-corrected chi connectivity index (χ4v) is 1.47. The van der Waals surface area contributed by atoms with Crippen LogP contribution >= 0.6 is 0 Å². The third-order valence-electron chi connectivity index (χ3n) is 2.18. The summed E-state index contributed by atoms with van der Waals surface area (Å²) in [6, 6.07) is 2.83. The predicted octanol–water partition coefficient (Wildman–Crippen LogP) is 1.53. The van der Waals surface area contributed by atoms with Gasteiger partial charge >= 0.3 is 0 Å². The molecule has 0 amide bonds. The number of nitrogens with zero attached hydrogens (tertiary/aromatic N) is 1. The summed E-state index contributed by atoms with van der Waals surface area (Å²) in [7, 11) is 0. The Morgan fingerprint density at radius 3 is 3.20 bits per heavy atom. The van der Waals surface area contributed by atoms with Crippen LogP contribution in [0.2, 0.25) is 0 Å². The van der Waals surface area contributed by atoms with Crippen LogP contribution in [0, 0.1) is 5.82 Å². The molecule has 1 heterocycles. The normalized spacial score (nSPS) is 13.7. The quantitative estimate of drug-likeness (QED) is 0.548. The Morgan fingerprint density at radius 1 is 1.53 bits per heavy atom. The molecule has 0 radical (unpaired) electrons. The minimum Gasteiger partial charge on any atom is -0.467 e. The Balaban J connectivity index is 2.44. The molecule has 0 aromatic heterocycles. The molecule has 0 atom stereocenters. The van der Waals surface area contributed by atoms with Crippen LogP contribution in [0.15, 0.2) is 17.1 Å². The van der Waals surface area contributed by atoms with Crippen molar-refractivity contribution in [2.45, 2.75) is 13.2 Å². The molecule has 0 saturated carbocycles. The van der Waals surface area contributed by atoms with Crippen LogP contribution in [-0.2, 0) is 22.7 Å². The first kappa shape index (κ1) is 9.83. The third-order valence-corrected chi connectivity index (χ3v) is 2.18. The zero-order valence-corrected chi connectivity index (χ0v) is 7.83. The Hall–Kier alpha value is -1.71. The van der Waals surface area contributed by atoms with E-state index in [1.807, 2.05) is 0 Å². The van der Waals surface area contributed by atoms with Gasteiger partial charge in [0.25, 0.3) is 0 Å². The molecule has 78 valence electrons. The van der Waals surface area contributed by atoms with E-state index in [-0.39, 0.29) is 19.9 Å². The molecule has 0 N–H and O–H groups in total. The fourth-order valence-electron chi connectivity index (χ4n) is 1.47. The van der Waals surface area contributed by atoms with Gasteiger partial charge in [-0.15, -0.1) is 0 Å². The Kier molecular flexibility index (Phi) is 2.76. The van der Waals surface area contributed by atoms with E-state index in [4.69, 9.17) is 9.47 Å². The lowest BCUT2D eigenvalue weighted by molar-refractivity contribution is -0.0170. The van der Waals surface area contributed by atoms with Gasteiger partial charge in [-0.1, -0.05) is 0 Å². The summed E-state index contributed by atoms with van der Waals surface area (Å²) < 4.78 is 23.6. The zero-order valence-electron chi connectivity index (χ0n) is 7.83. The van der Waals surface area contributed by atoms with Crippen molar-refractivity contribution in [1.29, 1.82) is 0 Å². The largest absolute Gasteiger partial charge is 0.467 e. The highest BCUT2D eigenvalue weighted by Gasteiger charge is 2.17. The van der Waals surface area contributed by atoms with Gasteiger partial charge in [0.05, 0.1) is 13.2 Å². The van der Waals surface area contributed by atoms with Gasteiger partial charge in [0.15, 0.2) is 6.79 Å². The van der Waals surface area contributed by atoms with Crippen molar-refractivity contribution in [2.24, 2.45) is 4.99 Å². The van der Waals surface area contributed by atoms with Gasteiger partial charge in [-0.3, -0.25) is 0 Å². The average Bonchev–Trinajstić information content (AvgIpc) is 2.28. The Morgan fingerprint density at radius 2 is 2.40 bits per heavy atom. The number of aliphatic imine (C=N–C) groups is 1. The second kappa shape index (κ2) is 4.21. The summed E-state index contributed by atoms with van der Waals surface area (Å²) in [5, 5.41) is 0. The fraction of sp³-hybridized carbons (Fsp3) is 0.300. The number of benzene rings is 1. The third kappa shape index (κ3) is 1.88. The molecular weight excluding hydrogens is 201 g/mol. The first-order valence-corrected chi connectivity index (χ1v) is 4.37. The van der Waals surface area contributed by atoms with Crippen LogP contribution in [0.3, 0.4) is 0 Å². The highest BCUT2D eigenvalue weighted by molar-refractivity contribution is 5.42. The second-order valence-electron chi connectivity index (χ2n) is 3.02. The van der Waals surface area contributed by atoms with Gasteiger partial charge in [0, 0.05) is 11.1 Å². The van der Waals surface area contributed by atoms with E-state index in [1.165, 1.54) is 12.1 Å². The van der Waals surface area contributed by atoms with Crippen molar-refractivity contribution in [3.63, 3.8) is 0 Å². The number of rotatable bonds is 2. The van der Waals surface area contributed by atoms with Crippen molar-refractivity contribution in [1.82, 2.24) is 0 Å². The summed E-state index contributed by atoms with van der Waals surface area (Å²) in [4.78, 5) is 13.3. The molecule has 1 aromatic rings. The molecule has 15 heavy (non-hydrogen) atoms. The van der Waals surface area contributed by atoms with Crippen molar-refractivity contribution in [3.05, 3.63) is 29.1 Å². The number of isocyanates is 1. The average molecular weight is 209 g/mol. The Bertz CT molecular complexity index is 427. The van der Waals surface area contributed by atoms with Crippen LogP contribution in [0.1, 0.15) is 11.1 Å². The van der Waals surface area contributed by atoms with Crippen LogP contribution in [-0.4, -0.2) is 12.9 Å². The summed E-state index contributed by atoms with van der Waals surface area (Å²) in [6.45, 7) is 0.400. The highest BCUT2D eigenvalue weighted by atomic mass is 19.1. The summed E-state index contributed by atoms with van der Waals surface area (Å²) in [5.74, 6) is 0.167. The second-order valence-corrected chi connectivity index (χ2v) is 3.02. The minimum absolute atomic E-state index is 0.0365. The number of halogens is 1. The molecule has 1 aromatic carbocycles. The maximum Gasteiger partial charge on any atom is 0.235 e. The number of ether oxygens (including phenoxy) is 2. The molecule has 0 fully saturated rings. The summed E-state index contributed by atoms with van der Waals surface area (Å²) >= 11 is 0. The van der Waals surface area contributed by atoms with Crippen molar-refractivity contribution in [3.8, 4) is 5.75 Å². The van der Waals surface area contributed by atoms with E-state index in [2.05, 4.69) is 4.99 Å². The smallest absolute Gasteiger partial charge is 0.235 e. The van der Waals surface area contributed by atoms with Gasteiger partial charge in [-0.25, -0.2) is 14.2 Å². The van der Waals surface area contributed by atoms with E-state index in [9.17, 15) is 9.18 Å². The molecule has 0 aliphatic carbocycles. The summed E-state index contributed by atoms with van der Waals surface area (Å²) in [6.07, 6.45) is 1.38. The van der Waals surface area contributed by atoms with E-state index < -0.39 is 5.82 Å². The molecule has 1 aliphatic heterocycles. The van der Waals surface area contributed by atoms with Gasteiger partial charge < -0.3 is 9.47 Å². The first-order chi connectivity index (χ1) is 7.33. The lowest BCUT2D eigenvalue weighted by Crippen LogP contribution is -2.14. The van der Waals surface area contributed by atoms with Crippen molar-refractivity contribution >= 4 is 6.08 Å². The van der Waals surface area contributed by atoms with Crippen molar-refractivity contribution in [2.75, 3.05) is 6.79 Å². The lowest BCUT2D eigenvalue weighted by Gasteiger charge is -2.19. The number of carbonyl (C=O) groups excluding carboxylic acids is 1.